The van der Waals surface area contributed by atoms with Gasteiger partial charge in [0.1, 0.15) is 11.5 Å². The summed E-state index contributed by atoms with van der Waals surface area (Å²) >= 11 is 7.88. The van der Waals surface area contributed by atoms with Crippen LogP contribution in [0.25, 0.3) is 26.3 Å². The lowest BCUT2D eigenvalue weighted by atomic mass is 10.1. The number of halogens is 1. The monoisotopic (exact) mass is 354 g/mol. The second-order valence-electron chi connectivity index (χ2n) is 5.50. The van der Waals surface area contributed by atoms with Gasteiger partial charge in [0.15, 0.2) is 5.65 Å². The molecule has 4 aromatic rings. The number of rotatable bonds is 4. The smallest absolute Gasteiger partial charge is 0.154 e. The number of imidazole rings is 1. The maximum atomic E-state index is 6.15. The molecule has 0 aliphatic heterocycles. The van der Waals surface area contributed by atoms with E-state index in [0.717, 1.165) is 27.1 Å². The lowest BCUT2D eigenvalue weighted by Gasteiger charge is -2.04. The van der Waals surface area contributed by atoms with Gasteiger partial charge in [-0.15, -0.1) is 23.0 Å². The molecule has 0 atom stereocenters. The summed E-state index contributed by atoms with van der Waals surface area (Å²) in [5.74, 6) is 0.795. The molecule has 0 unspecified atom stereocenters. The van der Waals surface area contributed by atoms with Crippen LogP contribution >= 0.6 is 22.9 Å². The van der Waals surface area contributed by atoms with E-state index < -0.39 is 0 Å². The molecule has 0 amide bonds. The van der Waals surface area contributed by atoms with Crippen LogP contribution in [0.5, 0.6) is 0 Å². The Bertz CT molecular complexity index is 1060. The van der Waals surface area contributed by atoms with Gasteiger partial charge in [-0.2, -0.15) is 0 Å². The third kappa shape index (κ3) is 2.46. The Labute approximate surface area is 148 Å². The van der Waals surface area contributed by atoms with E-state index in [9.17, 15) is 0 Å². The van der Waals surface area contributed by atoms with Gasteiger partial charge in [-0.3, -0.25) is 0 Å². The largest absolute Gasteiger partial charge is 0.365 e. The first kappa shape index (κ1) is 15.2. The van der Waals surface area contributed by atoms with Gasteiger partial charge in [-0.05, 0) is 48.2 Å². The van der Waals surface area contributed by atoms with Crippen molar-refractivity contribution in [1.29, 1.82) is 0 Å². The van der Waals surface area contributed by atoms with Crippen LogP contribution in [0.3, 0.4) is 0 Å². The van der Waals surface area contributed by atoms with Crippen LogP contribution in [-0.2, 0) is 0 Å². The Hall–Kier alpha value is -2.37. The third-order valence-electron chi connectivity index (χ3n) is 3.92. The Morgan fingerprint density at radius 1 is 1.33 bits per heavy atom. The summed E-state index contributed by atoms with van der Waals surface area (Å²) in [6, 6.07) is 9.88. The average molecular weight is 355 g/mol. The number of benzene rings is 1. The van der Waals surface area contributed by atoms with E-state index in [2.05, 4.69) is 35.0 Å². The predicted molar refractivity (Wildman–Crippen MR) is 102 cm³/mol. The first-order valence-corrected chi connectivity index (χ1v) is 8.75. The molecule has 0 saturated carbocycles. The average Bonchev–Trinajstić information content (AvgIpc) is 3.14. The third-order valence-corrected chi connectivity index (χ3v) is 5.45. The van der Waals surface area contributed by atoms with Gasteiger partial charge in [0.2, 0.25) is 0 Å². The van der Waals surface area contributed by atoms with E-state index in [4.69, 9.17) is 11.6 Å². The number of fused-ring (bicyclic) bond motifs is 2. The normalized spacial score (nSPS) is 11.2. The van der Waals surface area contributed by atoms with E-state index >= 15 is 0 Å². The second kappa shape index (κ2) is 5.92. The molecule has 0 saturated heterocycles. The molecule has 0 aliphatic carbocycles. The van der Waals surface area contributed by atoms with E-state index in [1.807, 2.05) is 35.0 Å². The molecule has 0 fully saturated rings. The number of nitrogens with one attached hydrogen (secondary N) is 1. The minimum Gasteiger partial charge on any atom is -0.365 e. The molecule has 6 heteroatoms. The van der Waals surface area contributed by atoms with Gasteiger partial charge in [-0.25, -0.2) is 9.50 Å². The molecule has 120 valence electrons. The van der Waals surface area contributed by atoms with Crippen molar-refractivity contribution in [3.63, 3.8) is 0 Å². The van der Waals surface area contributed by atoms with Crippen LogP contribution in [0.15, 0.2) is 49.2 Å². The van der Waals surface area contributed by atoms with Gasteiger partial charge in [-0.1, -0.05) is 17.7 Å². The zero-order valence-electron chi connectivity index (χ0n) is 13.1. The quantitative estimate of drug-likeness (QED) is 0.514. The molecule has 3 heterocycles. The number of nitrogens with zero attached hydrogens (tertiary/aromatic N) is 3. The lowest BCUT2D eigenvalue weighted by Crippen LogP contribution is -2.03. The maximum absolute atomic E-state index is 6.15. The molecule has 0 aliphatic rings. The van der Waals surface area contributed by atoms with Crippen molar-refractivity contribution in [2.24, 2.45) is 0 Å². The highest BCUT2D eigenvalue weighted by molar-refractivity contribution is 7.22. The Morgan fingerprint density at radius 2 is 2.21 bits per heavy atom. The predicted octanol–water partition coefficient (Wildman–Crippen LogP) is 5.17. The number of thiophene rings is 1. The topological polar surface area (TPSA) is 42.2 Å². The lowest BCUT2D eigenvalue weighted by molar-refractivity contribution is 0.942. The summed E-state index contributed by atoms with van der Waals surface area (Å²) in [5, 5.41) is 9.80. The zero-order chi connectivity index (χ0) is 16.7. The summed E-state index contributed by atoms with van der Waals surface area (Å²) in [5.41, 5.74) is 3.01. The van der Waals surface area contributed by atoms with Crippen LogP contribution in [-0.4, -0.2) is 21.1 Å². The number of anilines is 1. The number of hydrogen-bond acceptors (Lipinski definition) is 4. The fourth-order valence-electron chi connectivity index (χ4n) is 2.74. The summed E-state index contributed by atoms with van der Waals surface area (Å²) < 4.78 is 3.09. The van der Waals surface area contributed by atoms with Crippen molar-refractivity contribution < 1.29 is 0 Å². The maximum Gasteiger partial charge on any atom is 0.154 e. The highest BCUT2D eigenvalue weighted by Crippen LogP contribution is 2.39. The molecule has 0 spiro atoms. The van der Waals surface area contributed by atoms with Crippen molar-refractivity contribution in [2.75, 3.05) is 11.9 Å². The minimum atomic E-state index is 0.670. The van der Waals surface area contributed by atoms with Crippen molar-refractivity contribution in [1.82, 2.24) is 14.6 Å². The zero-order valence-corrected chi connectivity index (χ0v) is 14.7. The SMILES string of the molecule is C=CCNc1ccc2ncc(-c3sc4ccc(Cl)cc4c3C)n2n1. The van der Waals surface area contributed by atoms with Gasteiger partial charge in [0.05, 0.1) is 11.1 Å². The van der Waals surface area contributed by atoms with E-state index in [1.54, 1.807) is 17.4 Å². The molecule has 4 rings (SSSR count). The van der Waals surface area contributed by atoms with Crippen LogP contribution in [0.2, 0.25) is 5.02 Å². The van der Waals surface area contributed by atoms with Gasteiger partial charge >= 0.3 is 0 Å². The summed E-state index contributed by atoms with van der Waals surface area (Å²) in [4.78, 5) is 5.64. The second-order valence-corrected chi connectivity index (χ2v) is 6.99. The molecule has 4 nitrogen and oxygen atoms in total. The Morgan fingerprint density at radius 3 is 3.04 bits per heavy atom. The fraction of sp³-hybridized carbons (Fsp3) is 0.111. The molecular formula is C18H15ClN4S. The van der Waals surface area contributed by atoms with E-state index in [0.29, 0.717) is 6.54 Å². The highest BCUT2D eigenvalue weighted by atomic mass is 35.5. The standard InChI is InChI=1S/C18H15ClN4S/c1-3-8-20-16-6-7-17-21-10-14(23(17)22-16)18-11(2)13-9-12(19)4-5-15(13)24-18/h3-7,9-10H,1,8H2,2H3,(H,20,22). The molecule has 1 aromatic carbocycles. The molecule has 0 bridgehead atoms. The number of hydrogen-bond donors (Lipinski definition) is 1. The number of aryl methyl sites for hydroxylation is 1. The number of aromatic nitrogens is 3. The molecule has 3 aromatic heterocycles. The van der Waals surface area contributed by atoms with Crippen molar-refractivity contribution >= 4 is 44.5 Å². The van der Waals surface area contributed by atoms with Gasteiger partial charge < -0.3 is 5.32 Å². The van der Waals surface area contributed by atoms with Crippen molar-refractivity contribution in [3.05, 3.63) is 59.8 Å². The van der Waals surface area contributed by atoms with Gasteiger partial charge in [0.25, 0.3) is 0 Å². The summed E-state index contributed by atoms with van der Waals surface area (Å²) in [7, 11) is 0. The van der Waals surface area contributed by atoms with E-state index in [-0.39, 0.29) is 0 Å². The van der Waals surface area contributed by atoms with Crippen LogP contribution in [0, 0.1) is 6.92 Å². The minimum absolute atomic E-state index is 0.670. The fourth-order valence-corrected chi connectivity index (χ4v) is 4.09. The molecular weight excluding hydrogens is 340 g/mol. The molecule has 1 N–H and O–H groups in total. The first-order valence-electron chi connectivity index (χ1n) is 7.56. The van der Waals surface area contributed by atoms with Crippen molar-refractivity contribution in [3.8, 4) is 10.6 Å². The van der Waals surface area contributed by atoms with Crippen molar-refractivity contribution in [2.45, 2.75) is 6.92 Å². The summed E-state index contributed by atoms with van der Waals surface area (Å²) in [6.07, 6.45) is 3.68. The van der Waals surface area contributed by atoms with E-state index in [1.165, 1.54) is 15.6 Å². The summed E-state index contributed by atoms with van der Waals surface area (Å²) in [6.45, 7) is 6.50. The highest BCUT2D eigenvalue weighted by Gasteiger charge is 2.15. The first-order chi connectivity index (χ1) is 11.7. The van der Waals surface area contributed by atoms with Crippen LogP contribution in [0.1, 0.15) is 5.56 Å². The Kier molecular flexibility index (Phi) is 3.75. The van der Waals surface area contributed by atoms with Crippen LogP contribution in [0.4, 0.5) is 5.82 Å². The van der Waals surface area contributed by atoms with Gasteiger partial charge in [0, 0.05) is 16.3 Å². The molecule has 24 heavy (non-hydrogen) atoms. The Balaban J connectivity index is 1.89. The molecule has 0 radical (unpaired) electrons. The van der Waals surface area contributed by atoms with Crippen LogP contribution < -0.4 is 5.32 Å².